The van der Waals surface area contributed by atoms with Gasteiger partial charge in [0, 0.05) is 28.4 Å². The Kier molecular flexibility index (Phi) is 3.05. The van der Waals surface area contributed by atoms with Gasteiger partial charge < -0.3 is 9.72 Å². The van der Waals surface area contributed by atoms with E-state index in [2.05, 4.69) is 16.0 Å². The zero-order chi connectivity index (χ0) is 13.2. The van der Waals surface area contributed by atoms with Crippen LogP contribution in [-0.2, 0) is 11.2 Å². The Morgan fingerprint density at radius 2 is 2.32 bits per heavy atom. The molecule has 0 fully saturated rings. The summed E-state index contributed by atoms with van der Waals surface area (Å²) >= 11 is 1.71. The average molecular weight is 272 g/mol. The van der Waals surface area contributed by atoms with Crippen molar-refractivity contribution in [3.05, 3.63) is 52.9 Å². The average Bonchev–Trinajstić information content (AvgIpc) is 3.05. The van der Waals surface area contributed by atoms with Gasteiger partial charge in [0.15, 0.2) is 0 Å². The van der Waals surface area contributed by atoms with Crippen molar-refractivity contribution in [2.45, 2.75) is 6.42 Å². The fourth-order valence-corrected chi connectivity index (χ4v) is 3.04. The molecule has 0 saturated heterocycles. The van der Waals surface area contributed by atoms with E-state index in [1.807, 2.05) is 18.3 Å². The first kappa shape index (κ1) is 11.9. The Morgan fingerprint density at radius 3 is 3.05 bits per heavy atom. The predicted octanol–water partition coefficient (Wildman–Crippen LogP) is 3.00. The summed E-state index contributed by atoms with van der Waals surface area (Å²) in [5, 5.41) is 1.06. The number of rotatable bonds is 3. The first-order valence-electron chi connectivity index (χ1n) is 5.85. The molecule has 0 amide bonds. The van der Waals surface area contributed by atoms with Gasteiger partial charge >= 0.3 is 5.97 Å². The molecule has 4 nitrogen and oxygen atoms in total. The second kappa shape index (κ2) is 4.85. The Bertz CT molecular complexity index is 716. The van der Waals surface area contributed by atoms with Gasteiger partial charge in [-0.3, -0.25) is 0 Å². The Balaban J connectivity index is 1.94. The first-order valence-corrected chi connectivity index (χ1v) is 6.67. The summed E-state index contributed by atoms with van der Waals surface area (Å²) in [7, 11) is 1.39. The van der Waals surface area contributed by atoms with E-state index >= 15 is 0 Å². The monoisotopic (exact) mass is 272 g/mol. The molecule has 0 saturated carbocycles. The second-order valence-corrected chi connectivity index (χ2v) is 5.34. The van der Waals surface area contributed by atoms with Crippen LogP contribution in [0.4, 0.5) is 0 Å². The molecular weight excluding hydrogens is 260 g/mol. The largest absolute Gasteiger partial charge is 0.465 e. The van der Waals surface area contributed by atoms with Crippen molar-refractivity contribution < 1.29 is 9.53 Å². The van der Waals surface area contributed by atoms with Gasteiger partial charge in [-0.1, -0.05) is 0 Å². The summed E-state index contributed by atoms with van der Waals surface area (Å²) in [4.78, 5) is 20.0. The van der Waals surface area contributed by atoms with Crippen molar-refractivity contribution in [1.82, 2.24) is 9.97 Å². The lowest BCUT2D eigenvalue weighted by Gasteiger charge is -1.97. The molecule has 1 aromatic carbocycles. The number of hydrogen-bond acceptors (Lipinski definition) is 4. The molecule has 0 aliphatic rings. The molecule has 0 aliphatic carbocycles. The topological polar surface area (TPSA) is 55.0 Å². The van der Waals surface area contributed by atoms with Gasteiger partial charge in [-0.15, -0.1) is 11.3 Å². The minimum atomic E-state index is -0.305. The summed E-state index contributed by atoms with van der Waals surface area (Å²) in [5.41, 5.74) is 0.581. The molecule has 0 bridgehead atoms. The molecule has 1 N–H and O–H groups in total. The van der Waals surface area contributed by atoms with Crippen LogP contribution >= 0.6 is 11.3 Å². The van der Waals surface area contributed by atoms with Crippen molar-refractivity contribution in [2.75, 3.05) is 7.11 Å². The third-order valence-electron chi connectivity index (χ3n) is 2.88. The number of thiophene rings is 1. The minimum absolute atomic E-state index is 0.305. The minimum Gasteiger partial charge on any atom is -0.465 e. The number of carbonyl (C=O) groups excluding carboxylic acids is 1. The lowest BCUT2D eigenvalue weighted by molar-refractivity contribution is 0.0601. The van der Waals surface area contributed by atoms with E-state index < -0.39 is 0 Å². The molecule has 3 rings (SSSR count). The van der Waals surface area contributed by atoms with E-state index in [0.29, 0.717) is 5.56 Å². The van der Waals surface area contributed by atoms with E-state index in [-0.39, 0.29) is 5.97 Å². The van der Waals surface area contributed by atoms with Gasteiger partial charge in [0.05, 0.1) is 12.7 Å². The van der Waals surface area contributed by atoms with Crippen LogP contribution in [0, 0.1) is 0 Å². The van der Waals surface area contributed by atoms with E-state index in [9.17, 15) is 4.79 Å². The van der Waals surface area contributed by atoms with E-state index in [4.69, 9.17) is 4.74 Å². The Labute approximate surface area is 114 Å². The quantitative estimate of drug-likeness (QED) is 0.746. The fourth-order valence-electron chi connectivity index (χ4n) is 1.99. The van der Waals surface area contributed by atoms with Crippen LogP contribution < -0.4 is 0 Å². The molecule has 19 heavy (non-hydrogen) atoms. The number of ether oxygens (including phenoxy) is 1. The molecule has 0 aliphatic heterocycles. The highest BCUT2D eigenvalue weighted by atomic mass is 32.1. The summed E-state index contributed by atoms with van der Waals surface area (Å²) in [5.74, 6) is 0.639. The fraction of sp³-hybridized carbons (Fsp3) is 0.143. The number of H-pyrrole nitrogens is 1. The summed E-state index contributed by atoms with van der Waals surface area (Å²) in [6, 6.07) is 7.71. The Hall–Kier alpha value is -2.14. The van der Waals surface area contributed by atoms with Gasteiger partial charge in [-0.25, -0.2) is 9.78 Å². The van der Waals surface area contributed by atoms with Crippen molar-refractivity contribution in [1.29, 1.82) is 0 Å². The van der Waals surface area contributed by atoms with Gasteiger partial charge in [0.2, 0.25) is 0 Å². The van der Waals surface area contributed by atoms with Gasteiger partial charge in [0.1, 0.15) is 5.82 Å². The Morgan fingerprint density at radius 1 is 1.42 bits per heavy atom. The first-order chi connectivity index (χ1) is 9.26. The van der Waals surface area contributed by atoms with Crippen LogP contribution in [0.1, 0.15) is 21.1 Å². The molecule has 2 aromatic heterocycles. The summed E-state index contributed by atoms with van der Waals surface area (Å²) in [6.07, 6.45) is 4.34. The summed E-state index contributed by atoms with van der Waals surface area (Å²) in [6.45, 7) is 0. The van der Waals surface area contributed by atoms with Crippen LogP contribution in [-0.4, -0.2) is 23.0 Å². The number of nitrogens with zero attached hydrogens (tertiary/aromatic N) is 1. The number of aromatic nitrogens is 2. The highest BCUT2D eigenvalue weighted by Crippen LogP contribution is 2.28. The SMILES string of the molecule is COC(=O)c1ccc2sc(Cc3ncc[nH]3)cc2c1. The lowest BCUT2D eigenvalue weighted by Crippen LogP contribution is -1.99. The number of fused-ring (bicyclic) bond motifs is 1. The van der Waals surface area contributed by atoms with E-state index in [1.54, 1.807) is 23.6 Å². The number of nitrogens with one attached hydrogen (secondary N) is 1. The number of methoxy groups -OCH3 is 1. The highest BCUT2D eigenvalue weighted by molar-refractivity contribution is 7.19. The molecule has 0 atom stereocenters. The third-order valence-corrected chi connectivity index (χ3v) is 4.00. The zero-order valence-electron chi connectivity index (χ0n) is 10.3. The normalized spacial score (nSPS) is 10.8. The van der Waals surface area contributed by atoms with Crippen molar-refractivity contribution in [3.63, 3.8) is 0 Å². The molecule has 0 unspecified atom stereocenters. The molecule has 96 valence electrons. The molecule has 3 aromatic rings. The van der Waals surface area contributed by atoms with Gasteiger partial charge in [-0.2, -0.15) is 0 Å². The number of hydrogen-bond donors (Lipinski definition) is 1. The molecule has 2 heterocycles. The number of benzene rings is 1. The van der Waals surface area contributed by atoms with E-state index in [1.165, 1.54) is 12.0 Å². The van der Waals surface area contributed by atoms with Gasteiger partial charge in [-0.05, 0) is 29.7 Å². The van der Waals surface area contributed by atoms with Gasteiger partial charge in [0.25, 0.3) is 0 Å². The zero-order valence-corrected chi connectivity index (χ0v) is 11.2. The van der Waals surface area contributed by atoms with Crippen LogP contribution in [0.2, 0.25) is 0 Å². The summed E-state index contributed by atoms with van der Waals surface area (Å²) < 4.78 is 5.89. The number of esters is 1. The number of imidazole rings is 1. The van der Waals surface area contributed by atoms with Crippen molar-refractivity contribution in [3.8, 4) is 0 Å². The lowest BCUT2D eigenvalue weighted by atomic mass is 10.1. The van der Waals surface area contributed by atoms with Crippen LogP contribution in [0.5, 0.6) is 0 Å². The maximum Gasteiger partial charge on any atom is 0.337 e. The maximum absolute atomic E-state index is 11.5. The maximum atomic E-state index is 11.5. The standard InChI is InChI=1S/C14H12N2O2S/c1-18-14(17)9-2-3-12-10(6-9)7-11(19-12)8-13-15-4-5-16-13/h2-7H,8H2,1H3,(H,15,16). The number of aromatic amines is 1. The second-order valence-electron chi connectivity index (χ2n) is 4.17. The van der Waals surface area contributed by atoms with E-state index in [0.717, 1.165) is 22.3 Å². The van der Waals surface area contributed by atoms with Crippen LogP contribution in [0.25, 0.3) is 10.1 Å². The van der Waals surface area contributed by atoms with Crippen molar-refractivity contribution >= 4 is 27.4 Å². The molecular formula is C14H12N2O2S. The molecule has 5 heteroatoms. The third kappa shape index (κ3) is 2.37. The molecule has 0 spiro atoms. The van der Waals surface area contributed by atoms with Crippen LogP contribution in [0.3, 0.4) is 0 Å². The smallest absolute Gasteiger partial charge is 0.337 e. The van der Waals surface area contributed by atoms with Crippen molar-refractivity contribution in [2.24, 2.45) is 0 Å². The number of carbonyl (C=O) groups is 1. The highest BCUT2D eigenvalue weighted by Gasteiger charge is 2.09. The molecule has 0 radical (unpaired) electrons. The predicted molar refractivity (Wildman–Crippen MR) is 74.6 cm³/mol. The van der Waals surface area contributed by atoms with Crippen LogP contribution in [0.15, 0.2) is 36.7 Å².